The molecule has 2 bridgehead atoms. The molecule has 3 aliphatic heterocycles. The third-order valence-corrected chi connectivity index (χ3v) is 8.38. The molecule has 1 saturated heterocycles. The first-order valence-corrected chi connectivity index (χ1v) is 13.8. The molecule has 2 aromatic carbocycles. The molecular weight excluding hydrogens is 588 g/mol. The van der Waals surface area contributed by atoms with Crippen LogP contribution >= 0.6 is 0 Å². The second-order valence-electron chi connectivity index (χ2n) is 11.1. The first-order chi connectivity index (χ1) is 21.0. The number of pyridine rings is 1. The summed E-state index contributed by atoms with van der Waals surface area (Å²) in [6.07, 6.45) is 2.16. The Kier molecular flexibility index (Phi) is 7.30. The lowest BCUT2D eigenvalue weighted by Gasteiger charge is -2.41. The van der Waals surface area contributed by atoms with Crippen molar-refractivity contribution in [1.82, 2.24) is 14.8 Å². The molecule has 1 aromatic heterocycles. The summed E-state index contributed by atoms with van der Waals surface area (Å²) in [6.45, 7) is 1.30. The van der Waals surface area contributed by atoms with Crippen LogP contribution in [0, 0.1) is 23.3 Å². The van der Waals surface area contributed by atoms with Crippen LogP contribution in [-0.2, 0) is 22.7 Å². The maximum Gasteiger partial charge on any atom is 0.274 e. The highest BCUT2D eigenvalue weighted by Crippen LogP contribution is 2.46. The van der Waals surface area contributed by atoms with E-state index in [9.17, 15) is 37.1 Å². The third kappa shape index (κ3) is 5.03. The second kappa shape index (κ2) is 11.0. The van der Waals surface area contributed by atoms with Gasteiger partial charge in [0.25, 0.3) is 11.8 Å². The molecule has 2 N–H and O–H groups in total. The highest BCUT2D eigenvalue weighted by Gasteiger charge is 2.54. The van der Waals surface area contributed by atoms with E-state index in [4.69, 9.17) is 9.57 Å². The van der Waals surface area contributed by atoms with E-state index < -0.39 is 69.8 Å². The van der Waals surface area contributed by atoms with Gasteiger partial charge in [0.1, 0.15) is 35.4 Å². The van der Waals surface area contributed by atoms with Gasteiger partial charge in [-0.15, -0.1) is 0 Å². The largest absolute Gasteiger partial charge is 0.503 e. The topological polar surface area (TPSA) is 122 Å². The van der Waals surface area contributed by atoms with Gasteiger partial charge in [-0.1, -0.05) is 17.3 Å². The number of carbonyl (C=O) groups is 2. The molecule has 6 rings (SSSR count). The number of hydrogen-bond donors (Lipinski definition) is 2. The minimum Gasteiger partial charge on any atom is -0.503 e. The van der Waals surface area contributed by atoms with Crippen molar-refractivity contribution in [2.24, 2.45) is 5.16 Å². The Morgan fingerprint density at radius 3 is 2.55 bits per heavy atom. The van der Waals surface area contributed by atoms with Gasteiger partial charge in [0.15, 0.2) is 17.0 Å². The number of ether oxygens (including phenoxy) is 1. The second-order valence-corrected chi connectivity index (χ2v) is 11.1. The number of rotatable bonds is 5. The van der Waals surface area contributed by atoms with Crippen molar-refractivity contribution in [2.75, 3.05) is 6.54 Å². The van der Waals surface area contributed by atoms with E-state index in [1.807, 2.05) is 6.92 Å². The average molecular weight is 615 g/mol. The van der Waals surface area contributed by atoms with Gasteiger partial charge in [-0.05, 0) is 37.5 Å². The smallest absolute Gasteiger partial charge is 0.274 e. The number of nitrogens with zero attached hydrogens (tertiary/aromatic N) is 3. The van der Waals surface area contributed by atoms with E-state index in [1.165, 1.54) is 21.6 Å². The molecule has 4 heterocycles. The highest BCUT2D eigenvalue weighted by molar-refractivity contribution is 5.99. The zero-order valence-electron chi connectivity index (χ0n) is 23.3. The van der Waals surface area contributed by atoms with Crippen molar-refractivity contribution < 1.29 is 41.8 Å². The normalized spacial score (nSPS) is 22.2. The Labute approximate surface area is 247 Å². The Balaban J connectivity index is 1.31. The quantitative estimate of drug-likeness (QED) is 0.421. The predicted molar refractivity (Wildman–Crippen MR) is 146 cm³/mol. The molecule has 3 aliphatic rings. The molecule has 0 unspecified atom stereocenters. The van der Waals surface area contributed by atoms with Crippen LogP contribution in [0.15, 0.2) is 52.5 Å². The maximum atomic E-state index is 14.1. The van der Waals surface area contributed by atoms with Gasteiger partial charge in [0, 0.05) is 43.0 Å². The number of fused-ring (bicyclic) bond motifs is 5. The van der Waals surface area contributed by atoms with Crippen LogP contribution in [-0.4, -0.2) is 50.5 Å². The molecule has 3 aromatic rings. The molecule has 1 spiro atoms. The molecule has 14 heteroatoms. The van der Waals surface area contributed by atoms with E-state index in [1.54, 1.807) is 12.1 Å². The fraction of sp³-hybridized carbons (Fsp3) is 0.333. The number of hydrogen-bond acceptors (Lipinski definition) is 7. The maximum absolute atomic E-state index is 14.1. The molecule has 0 aliphatic carbocycles. The first-order valence-electron chi connectivity index (χ1n) is 13.8. The molecule has 10 nitrogen and oxygen atoms in total. The fourth-order valence-electron chi connectivity index (χ4n) is 5.91. The number of aromatic hydroxyl groups is 1. The van der Waals surface area contributed by atoms with Crippen LogP contribution < -0.4 is 10.7 Å². The third-order valence-electron chi connectivity index (χ3n) is 8.38. The number of oxime groups is 1. The highest BCUT2D eigenvalue weighted by atomic mass is 19.1. The lowest BCUT2D eigenvalue weighted by atomic mass is 9.85. The summed E-state index contributed by atoms with van der Waals surface area (Å²) in [6, 6.07) is 5.63. The van der Waals surface area contributed by atoms with Crippen molar-refractivity contribution >= 4 is 17.7 Å². The summed E-state index contributed by atoms with van der Waals surface area (Å²) in [5.41, 5.74) is -3.11. The molecule has 3 atom stereocenters. The summed E-state index contributed by atoms with van der Waals surface area (Å²) >= 11 is 0. The summed E-state index contributed by atoms with van der Waals surface area (Å²) < 4.78 is 62.0. The molecule has 0 saturated carbocycles. The van der Waals surface area contributed by atoms with E-state index in [0.717, 1.165) is 6.20 Å². The molecule has 1 fully saturated rings. The van der Waals surface area contributed by atoms with Crippen molar-refractivity contribution in [1.29, 1.82) is 0 Å². The number of aromatic nitrogens is 1. The molecular formula is C30H26F4N4O6. The van der Waals surface area contributed by atoms with Crippen LogP contribution in [0.3, 0.4) is 0 Å². The van der Waals surface area contributed by atoms with Crippen LogP contribution in [0.2, 0.25) is 0 Å². The van der Waals surface area contributed by atoms with Crippen molar-refractivity contribution in [3.05, 3.63) is 98.5 Å². The Morgan fingerprint density at radius 1 is 1.14 bits per heavy atom. The minimum atomic E-state index is -1.23. The SMILES string of the molecule is C[C@H]1CC[C@]2(CC(OCc3ccc(F)cc3)=NO2)[C@H]2CN1C(=O)c1c(O)c(=O)c(C(=O)NCc3c(F)cc(F)cc3F)cn12. The predicted octanol–water partition coefficient (Wildman–Crippen LogP) is 3.91. The van der Waals surface area contributed by atoms with Crippen LogP contribution in [0.5, 0.6) is 5.75 Å². The van der Waals surface area contributed by atoms with Crippen molar-refractivity contribution in [3.63, 3.8) is 0 Å². The van der Waals surface area contributed by atoms with Gasteiger partial charge in [-0.2, -0.15) is 0 Å². The summed E-state index contributed by atoms with van der Waals surface area (Å²) in [5, 5.41) is 17.3. The van der Waals surface area contributed by atoms with Crippen LogP contribution in [0.25, 0.3) is 0 Å². The zero-order chi connectivity index (χ0) is 31.3. The molecule has 0 radical (unpaired) electrons. The van der Waals surface area contributed by atoms with Gasteiger partial charge >= 0.3 is 0 Å². The number of nitrogens with one attached hydrogen (secondary N) is 1. The van der Waals surface area contributed by atoms with Crippen molar-refractivity contribution in [3.8, 4) is 5.75 Å². The first kappa shape index (κ1) is 29.2. The van der Waals surface area contributed by atoms with Crippen molar-refractivity contribution in [2.45, 2.75) is 57.0 Å². The molecule has 2 amide bonds. The lowest BCUT2D eigenvalue weighted by molar-refractivity contribution is -0.0655. The Bertz CT molecular complexity index is 1740. The molecule has 230 valence electrons. The van der Waals surface area contributed by atoms with Gasteiger partial charge < -0.3 is 29.5 Å². The van der Waals surface area contributed by atoms with Gasteiger partial charge in [0.05, 0.1) is 12.5 Å². The summed E-state index contributed by atoms with van der Waals surface area (Å²) in [7, 11) is 0. The number of benzene rings is 2. The van der Waals surface area contributed by atoms with E-state index in [0.29, 0.717) is 30.5 Å². The zero-order valence-corrected chi connectivity index (χ0v) is 23.3. The number of halogens is 4. The van der Waals surface area contributed by atoms with Crippen LogP contribution in [0.1, 0.15) is 64.2 Å². The van der Waals surface area contributed by atoms with Crippen LogP contribution in [0.4, 0.5) is 17.6 Å². The van der Waals surface area contributed by atoms with Gasteiger partial charge in [0.2, 0.25) is 11.3 Å². The fourth-order valence-corrected chi connectivity index (χ4v) is 5.91. The summed E-state index contributed by atoms with van der Waals surface area (Å²) in [5.74, 6) is -6.40. The molecule has 44 heavy (non-hydrogen) atoms. The minimum absolute atomic E-state index is 0.0911. The van der Waals surface area contributed by atoms with Gasteiger partial charge in [-0.3, -0.25) is 14.4 Å². The van der Waals surface area contributed by atoms with E-state index in [-0.39, 0.29) is 43.0 Å². The van der Waals surface area contributed by atoms with Gasteiger partial charge in [-0.25, -0.2) is 17.6 Å². The monoisotopic (exact) mass is 614 g/mol. The van der Waals surface area contributed by atoms with E-state index >= 15 is 0 Å². The number of amides is 2. The Morgan fingerprint density at radius 2 is 1.84 bits per heavy atom. The lowest BCUT2D eigenvalue weighted by Crippen LogP contribution is -2.52. The Hall–Kier alpha value is -4.88. The average Bonchev–Trinajstić information content (AvgIpc) is 3.35. The van der Waals surface area contributed by atoms with E-state index in [2.05, 4.69) is 10.5 Å². The standard InChI is InChI=1S/C30H26F4N4O6/c1-15-6-7-30(10-24(36-44-30)43-14-16-2-4-17(31)5-3-16)23-13-37(15)29(42)25-27(40)26(39)20(12-38(23)25)28(41)35-11-19-21(33)8-18(32)9-22(19)34/h2-5,8-9,12,15,23,40H,6-7,10-11,13-14H2,1H3,(H,35,41)/t15-,23+,30-/m0/s1. The summed E-state index contributed by atoms with van der Waals surface area (Å²) in [4.78, 5) is 47.2. The number of carbonyl (C=O) groups excluding carboxylic acids is 2.